The number of hydrazone groups is 1. The van der Waals surface area contributed by atoms with Crippen LogP contribution in [0.3, 0.4) is 0 Å². The van der Waals surface area contributed by atoms with Crippen molar-refractivity contribution in [2.75, 3.05) is 25.2 Å². The van der Waals surface area contributed by atoms with Gasteiger partial charge in [0.2, 0.25) is 5.88 Å². The Morgan fingerprint density at radius 3 is 2.55 bits per heavy atom. The van der Waals surface area contributed by atoms with Crippen LogP contribution in [0.2, 0.25) is 0 Å². The average molecular weight is 584 g/mol. The van der Waals surface area contributed by atoms with Crippen molar-refractivity contribution in [1.82, 2.24) is 25.1 Å². The summed E-state index contributed by atoms with van der Waals surface area (Å²) in [6.07, 6.45) is 11.5. The first-order chi connectivity index (χ1) is 21.7. The molecule has 9 nitrogen and oxygen atoms in total. The maximum Gasteiger partial charge on any atom is 0.212 e. The number of aromatic amines is 1. The summed E-state index contributed by atoms with van der Waals surface area (Å²) in [5.41, 5.74) is 7.58. The van der Waals surface area contributed by atoms with Crippen LogP contribution < -0.4 is 9.75 Å². The lowest BCUT2D eigenvalue weighted by Gasteiger charge is -2.31. The molecule has 4 heterocycles. The summed E-state index contributed by atoms with van der Waals surface area (Å²) in [7, 11) is 1.60. The summed E-state index contributed by atoms with van der Waals surface area (Å²) >= 11 is 0. The molecular formula is C35H33N7O2. The van der Waals surface area contributed by atoms with Crippen molar-refractivity contribution < 1.29 is 9.53 Å². The standard InChI is InChI=1S/C35H33N7O2/c1-44-33-15-12-27(21-36-33)35-37-34(38-39-35)26-16-18-41(19-17-26)22-24-10-13-29(14-11-24)42-32(25-6-3-2-4-7-25)20-30-28(23-43)8-5-9-31(30)40-42/h2-7,9-15,20-21,23,26H,8,16-19,22H2,1H3,(H,37,38,39). The van der Waals surface area contributed by atoms with Gasteiger partial charge in [0.15, 0.2) is 5.82 Å². The van der Waals surface area contributed by atoms with E-state index in [2.05, 4.69) is 62.6 Å². The van der Waals surface area contributed by atoms with E-state index in [4.69, 9.17) is 14.8 Å². The van der Waals surface area contributed by atoms with Gasteiger partial charge < -0.3 is 4.74 Å². The summed E-state index contributed by atoms with van der Waals surface area (Å²) in [6, 6.07) is 22.6. The highest BCUT2D eigenvalue weighted by Gasteiger charge is 2.26. The van der Waals surface area contributed by atoms with Gasteiger partial charge in [-0.2, -0.15) is 10.2 Å². The van der Waals surface area contributed by atoms with Crippen molar-refractivity contribution in [2.45, 2.75) is 31.7 Å². The zero-order valence-corrected chi connectivity index (χ0v) is 24.6. The third-order valence-corrected chi connectivity index (χ3v) is 8.43. The lowest BCUT2D eigenvalue weighted by Crippen LogP contribution is -2.32. The fraction of sp³-hybridized carbons (Fsp3) is 0.229. The van der Waals surface area contributed by atoms with Gasteiger partial charge in [-0.3, -0.25) is 14.8 Å². The van der Waals surface area contributed by atoms with Crippen LogP contribution in [0.1, 0.15) is 42.1 Å². The molecule has 0 saturated carbocycles. The van der Waals surface area contributed by atoms with Gasteiger partial charge in [0.25, 0.3) is 0 Å². The van der Waals surface area contributed by atoms with Crippen LogP contribution in [0.25, 0.3) is 17.1 Å². The molecule has 44 heavy (non-hydrogen) atoms. The number of allylic oxidation sites excluding steroid dienone is 5. The van der Waals surface area contributed by atoms with Gasteiger partial charge in [-0.1, -0.05) is 48.5 Å². The van der Waals surface area contributed by atoms with E-state index in [-0.39, 0.29) is 0 Å². The highest BCUT2D eigenvalue weighted by molar-refractivity contribution is 6.17. The number of H-pyrrole nitrogens is 1. The van der Waals surface area contributed by atoms with Crippen molar-refractivity contribution in [1.29, 1.82) is 0 Å². The summed E-state index contributed by atoms with van der Waals surface area (Å²) < 4.78 is 5.15. The first kappa shape index (κ1) is 27.7. The van der Waals surface area contributed by atoms with E-state index in [0.29, 0.717) is 24.0 Å². The number of benzene rings is 2. The molecule has 1 N–H and O–H groups in total. The summed E-state index contributed by atoms with van der Waals surface area (Å²) in [5, 5.41) is 14.6. The molecule has 1 aliphatic carbocycles. The van der Waals surface area contributed by atoms with Gasteiger partial charge in [0.1, 0.15) is 12.1 Å². The number of hydrogen-bond donors (Lipinski definition) is 1. The van der Waals surface area contributed by atoms with E-state index in [1.165, 1.54) is 5.56 Å². The van der Waals surface area contributed by atoms with Crippen LogP contribution in [-0.4, -0.2) is 57.3 Å². The minimum Gasteiger partial charge on any atom is -0.481 e. The second-order valence-electron chi connectivity index (χ2n) is 11.2. The molecule has 4 aromatic rings. The summed E-state index contributed by atoms with van der Waals surface area (Å²) in [6.45, 7) is 2.88. The average Bonchev–Trinajstić information content (AvgIpc) is 3.59. The van der Waals surface area contributed by atoms with Gasteiger partial charge in [-0.05, 0) is 68.3 Å². The van der Waals surface area contributed by atoms with E-state index >= 15 is 0 Å². The molecule has 9 heteroatoms. The van der Waals surface area contributed by atoms with E-state index in [0.717, 1.165) is 84.0 Å². The number of nitrogens with one attached hydrogen (secondary N) is 1. The number of anilines is 1. The predicted octanol–water partition coefficient (Wildman–Crippen LogP) is 5.93. The van der Waals surface area contributed by atoms with Gasteiger partial charge in [0.05, 0.1) is 24.2 Å². The number of rotatable bonds is 8. The Labute approximate surface area is 256 Å². The van der Waals surface area contributed by atoms with Gasteiger partial charge >= 0.3 is 0 Å². The monoisotopic (exact) mass is 583 g/mol. The molecule has 2 aliphatic heterocycles. The van der Waals surface area contributed by atoms with Gasteiger partial charge in [-0.15, -0.1) is 0 Å². The van der Waals surface area contributed by atoms with Crippen molar-refractivity contribution in [2.24, 2.45) is 5.10 Å². The van der Waals surface area contributed by atoms with Crippen LogP contribution in [0.4, 0.5) is 5.69 Å². The molecule has 2 aromatic carbocycles. The topological polar surface area (TPSA) is 99.6 Å². The largest absolute Gasteiger partial charge is 0.481 e. The maximum absolute atomic E-state index is 11.8. The lowest BCUT2D eigenvalue weighted by molar-refractivity contribution is -0.105. The first-order valence-electron chi connectivity index (χ1n) is 14.9. The molecule has 0 atom stereocenters. The number of ether oxygens (including phenoxy) is 1. The molecule has 3 aliphatic rings. The molecule has 0 unspecified atom stereocenters. The van der Waals surface area contributed by atoms with Crippen molar-refractivity contribution in [3.8, 4) is 17.3 Å². The normalized spacial score (nSPS) is 17.2. The molecule has 0 amide bonds. The molecule has 0 spiro atoms. The Kier molecular flexibility index (Phi) is 7.69. The summed E-state index contributed by atoms with van der Waals surface area (Å²) in [5.74, 6) is 2.53. The number of carbonyl (C=O) groups is 1. The van der Waals surface area contributed by atoms with Crippen molar-refractivity contribution >= 4 is 23.4 Å². The third kappa shape index (κ3) is 5.61. The fourth-order valence-corrected chi connectivity index (χ4v) is 5.98. The molecule has 220 valence electrons. The van der Waals surface area contributed by atoms with Crippen LogP contribution in [0.5, 0.6) is 5.88 Å². The van der Waals surface area contributed by atoms with Gasteiger partial charge in [-0.25, -0.2) is 15.0 Å². The van der Waals surface area contributed by atoms with Crippen LogP contribution >= 0.6 is 0 Å². The van der Waals surface area contributed by atoms with Crippen LogP contribution in [0.15, 0.2) is 107 Å². The number of hydrogen-bond acceptors (Lipinski definition) is 8. The second-order valence-corrected chi connectivity index (χ2v) is 11.2. The molecule has 0 bridgehead atoms. The smallest absolute Gasteiger partial charge is 0.212 e. The quantitative estimate of drug-likeness (QED) is 0.257. The highest BCUT2D eigenvalue weighted by Crippen LogP contribution is 2.35. The predicted molar refractivity (Wildman–Crippen MR) is 171 cm³/mol. The number of piperidine rings is 1. The van der Waals surface area contributed by atoms with E-state index in [1.54, 1.807) is 13.3 Å². The number of methoxy groups -OCH3 is 1. The minimum absolute atomic E-state index is 0.356. The molecule has 1 saturated heterocycles. The summed E-state index contributed by atoms with van der Waals surface area (Å²) in [4.78, 5) is 23.3. The van der Waals surface area contributed by atoms with Crippen LogP contribution in [-0.2, 0) is 11.3 Å². The number of aldehydes is 1. The third-order valence-electron chi connectivity index (χ3n) is 8.43. The van der Waals surface area contributed by atoms with Crippen molar-refractivity contribution in [3.05, 3.63) is 119 Å². The fourth-order valence-electron chi connectivity index (χ4n) is 5.98. The van der Waals surface area contributed by atoms with Crippen LogP contribution in [0, 0.1) is 0 Å². The molecule has 1 fully saturated rings. The number of carbonyl (C=O) groups excluding carboxylic acids is 1. The molecular weight excluding hydrogens is 550 g/mol. The minimum atomic E-state index is 0.356. The number of aromatic nitrogens is 4. The van der Waals surface area contributed by atoms with E-state index < -0.39 is 0 Å². The number of likely N-dealkylation sites (tertiary alicyclic amines) is 1. The first-order valence-corrected chi connectivity index (χ1v) is 14.9. The highest BCUT2D eigenvalue weighted by atomic mass is 16.5. The molecule has 2 aromatic heterocycles. The number of pyridine rings is 1. The molecule has 7 rings (SSSR count). The Hall–Kier alpha value is -5.15. The zero-order chi connectivity index (χ0) is 29.9. The number of nitrogens with zero attached hydrogens (tertiary/aromatic N) is 6. The second kappa shape index (κ2) is 12.2. The van der Waals surface area contributed by atoms with E-state index in [1.807, 2.05) is 47.5 Å². The maximum atomic E-state index is 11.8. The Bertz CT molecular complexity index is 1760. The zero-order valence-electron chi connectivity index (χ0n) is 24.6. The Morgan fingerprint density at radius 2 is 1.82 bits per heavy atom. The number of fused-ring (bicyclic) bond motifs is 1. The van der Waals surface area contributed by atoms with Gasteiger partial charge in [0, 0.05) is 47.0 Å². The van der Waals surface area contributed by atoms with E-state index in [9.17, 15) is 4.79 Å². The Morgan fingerprint density at radius 1 is 1.00 bits per heavy atom. The lowest BCUT2D eigenvalue weighted by atomic mass is 9.93. The SMILES string of the molecule is COc1ccc(-c2n[nH]c(C3CCN(Cc4ccc(N5N=C6C=CCC(C=O)=C6C=C5c5ccccc5)cc4)CC3)n2)cn1. The Balaban J connectivity index is 1.02. The van der Waals surface area contributed by atoms with Crippen molar-refractivity contribution in [3.63, 3.8) is 0 Å². The molecule has 0 radical (unpaired) electrons.